The van der Waals surface area contributed by atoms with Crippen molar-refractivity contribution in [2.45, 2.75) is 64.5 Å². The summed E-state index contributed by atoms with van der Waals surface area (Å²) in [5.41, 5.74) is 6.24. The highest BCUT2D eigenvalue weighted by atomic mass is 15.5. The van der Waals surface area contributed by atoms with Gasteiger partial charge < -0.3 is 17.9 Å². The highest BCUT2D eigenvalue weighted by Crippen LogP contribution is 2.36. The monoisotopic (exact) mass is 544 g/mol. The summed E-state index contributed by atoms with van der Waals surface area (Å²) in [5, 5.41) is 0. The summed E-state index contributed by atoms with van der Waals surface area (Å²) >= 11 is 0. The summed E-state index contributed by atoms with van der Waals surface area (Å²) in [6.45, 7) is 22.2. The summed E-state index contributed by atoms with van der Waals surface area (Å²) in [6, 6.07) is 19.0. The van der Waals surface area contributed by atoms with Crippen LogP contribution in [-0.4, -0.2) is 110 Å². The van der Waals surface area contributed by atoms with Crippen molar-refractivity contribution in [1.29, 1.82) is 0 Å². The summed E-state index contributed by atoms with van der Waals surface area (Å²) in [5.74, 6) is 0. The number of quaternary nitrogens is 4. The van der Waals surface area contributed by atoms with Gasteiger partial charge in [-0.15, -0.1) is 0 Å². The van der Waals surface area contributed by atoms with E-state index in [1.54, 1.807) is 11.1 Å². The Morgan fingerprint density at radius 3 is 0.975 bits per heavy atom. The lowest BCUT2D eigenvalue weighted by Gasteiger charge is -2.56. The van der Waals surface area contributed by atoms with Crippen molar-refractivity contribution in [2.24, 2.45) is 0 Å². The van der Waals surface area contributed by atoms with Crippen molar-refractivity contribution >= 4 is 0 Å². The zero-order valence-electron chi connectivity index (χ0n) is 25.4. The maximum atomic E-state index is 2.47. The molecule has 4 nitrogen and oxygen atoms in total. The van der Waals surface area contributed by atoms with E-state index in [4.69, 9.17) is 0 Å². The van der Waals surface area contributed by atoms with Crippen LogP contribution in [0.15, 0.2) is 48.5 Å². The fourth-order valence-corrected chi connectivity index (χ4v) is 9.55. The second-order valence-corrected chi connectivity index (χ2v) is 15.0. The van der Waals surface area contributed by atoms with E-state index in [0.717, 1.165) is 0 Å². The lowest BCUT2D eigenvalue weighted by Crippen LogP contribution is -2.74. The van der Waals surface area contributed by atoms with Gasteiger partial charge in [-0.3, -0.25) is 0 Å². The average molecular weight is 545 g/mol. The van der Waals surface area contributed by atoms with Gasteiger partial charge in [-0.05, 0) is 36.8 Å². The van der Waals surface area contributed by atoms with E-state index in [0.29, 0.717) is 0 Å². The molecule has 0 aromatic heterocycles. The highest BCUT2D eigenvalue weighted by molar-refractivity contribution is 5.70. The minimum absolute atomic E-state index is 1.23. The second-order valence-electron chi connectivity index (χ2n) is 15.0. The molecular formula is C36H56N4+4. The molecule has 0 aliphatic carbocycles. The zero-order chi connectivity index (χ0) is 26.9. The Balaban J connectivity index is 1.15. The predicted octanol–water partition coefficient (Wildman–Crippen LogP) is 5.81. The van der Waals surface area contributed by atoms with Crippen LogP contribution in [0.2, 0.25) is 0 Å². The maximum absolute atomic E-state index is 2.47. The third kappa shape index (κ3) is 5.42. The van der Waals surface area contributed by atoms with E-state index in [1.165, 1.54) is 185 Å². The molecule has 4 heteroatoms. The Morgan fingerprint density at radius 2 is 0.600 bits per heavy atom. The van der Waals surface area contributed by atoms with Crippen LogP contribution in [0.4, 0.5) is 0 Å². The normalized spacial score (nSPS) is 37.0. The van der Waals surface area contributed by atoms with Crippen LogP contribution < -0.4 is 0 Å². The Hall–Kier alpha value is -1.72. The van der Waals surface area contributed by atoms with Gasteiger partial charge >= 0.3 is 0 Å². The number of benzene rings is 2. The van der Waals surface area contributed by atoms with E-state index >= 15 is 0 Å². The first-order valence-corrected chi connectivity index (χ1v) is 17.2. The number of nitrogens with zero attached hydrogens (tertiary/aromatic N) is 4. The van der Waals surface area contributed by atoms with Gasteiger partial charge in [-0.2, -0.15) is 0 Å². The molecule has 15 aliphatic heterocycles. The average Bonchev–Trinajstić information content (AvgIpc) is 3.00. The van der Waals surface area contributed by atoms with Crippen molar-refractivity contribution < 1.29 is 17.9 Å². The van der Waals surface area contributed by atoms with Gasteiger partial charge in [0.15, 0.2) is 0 Å². The first-order chi connectivity index (χ1) is 19.6. The minimum Gasteiger partial charge on any atom is -0.310 e. The molecule has 6 saturated heterocycles. The summed E-state index contributed by atoms with van der Waals surface area (Å²) in [4.78, 5) is 0. The highest BCUT2D eigenvalue weighted by Gasteiger charge is 2.50. The fourth-order valence-electron chi connectivity index (χ4n) is 9.55. The van der Waals surface area contributed by atoms with E-state index in [-0.39, 0.29) is 0 Å². The van der Waals surface area contributed by atoms with Crippen molar-refractivity contribution in [3.63, 3.8) is 0 Å². The molecule has 15 heterocycles. The molecule has 0 amide bonds. The summed E-state index contributed by atoms with van der Waals surface area (Å²) < 4.78 is 5.54. The first kappa shape index (κ1) is 27.1. The molecule has 0 saturated carbocycles. The topological polar surface area (TPSA) is 0 Å². The second kappa shape index (κ2) is 11.2. The third-order valence-corrected chi connectivity index (χ3v) is 12.6. The van der Waals surface area contributed by atoms with Crippen molar-refractivity contribution in [3.8, 4) is 11.1 Å². The van der Waals surface area contributed by atoms with E-state index in [9.17, 15) is 0 Å². The SMILES string of the molecule is c1ccc2c(c1)C[N+]13CC[N+](CCCCCCCCCC[N+]45CC[N+](CC4)(CC5)Cc4ccccc4-2)(CC1)CC3. The molecule has 2 aromatic rings. The molecule has 17 rings (SSSR count). The predicted molar refractivity (Wildman–Crippen MR) is 165 cm³/mol. The molecule has 40 heavy (non-hydrogen) atoms. The first-order valence-electron chi connectivity index (χ1n) is 17.2. The van der Waals surface area contributed by atoms with Crippen LogP contribution in [0, 0.1) is 0 Å². The lowest BCUT2D eigenvalue weighted by molar-refractivity contribution is -1.09. The Morgan fingerprint density at radius 1 is 0.300 bits per heavy atom. The molecule has 2 aromatic carbocycles. The summed E-state index contributed by atoms with van der Waals surface area (Å²) in [6.07, 6.45) is 11.7. The maximum Gasteiger partial charge on any atom is 0.129 e. The van der Waals surface area contributed by atoms with Gasteiger partial charge in [0.1, 0.15) is 91.6 Å². The molecule has 0 unspecified atom stereocenters. The number of hydrogen-bond acceptors (Lipinski definition) is 0. The molecule has 0 spiro atoms. The van der Waals surface area contributed by atoms with Crippen LogP contribution in [0.1, 0.15) is 62.5 Å². The molecule has 0 N–H and O–H groups in total. The molecular weight excluding hydrogens is 488 g/mol. The molecule has 0 atom stereocenters. The number of rotatable bonds is 0. The standard InChI is InChI=1S/C36H56N4/c1-2-4-6-12-18-38-22-28-40(29-23-38,30-24-38)32-34-14-8-10-16-36(34)35-15-9-7-13-33(35)31-39-25-19-37(20-26-39,21-27-39)17-11-5-3-1/h7-10,13-16H,1-6,11-12,17-32H2/q+4. The number of hydrogen-bond donors (Lipinski definition) is 0. The molecule has 6 fully saturated rings. The largest absolute Gasteiger partial charge is 0.310 e. The molecule has 4 bridgehead atoms. The van der Waals surface area contributed by atoms with Gasteiger partial charge in [-0.25, -0.2) is 0 Å². The fraction of sp³-hybridized carbons (Fsp3) is 0.667. The minimum atomic E-state index is 1.23. The van der Waals surface area contributed by atoms with Crippen LogP contribution in [0.5, 0.6) is 0 Å². The van der Waals surface area contributed by atoms with E-state index in [2.05, 4.69) is 48.5 Å². The van der Waals surface area contributed by atoms with Crippen LogP contribution >= 0.6 is 0 Å². The molecule has 15 aliphatic rings. The van der Waals surface area contributed by atoms with Crippen LogP contribution in [0.3, 0.4) is 0 Å². The van der Waals surface area contributed by atoms with Crippen molar-refractivity contribution in [3.05, 3.63) is 59.7 Å². The molecule has 0 radical (unpaired) electrons. The van der Waals surface area contributed by atoms with Gasteiger partial charge in [-0.1, -0.05) is 74.2 Å². The van der Waals surface area contributed by atoms with Crippen molar-refractivity contribution in [1.82, 2.24) is 0 Å². The lowest BCUT2D eigenvalue weighted by atomic mass is 9.92. The van der Waals surface area contributed by atoms with Gasteiger partial charge in [0, 0.05) is 11.1 Å². The van der Waals surface area contributed by atoms with Gasteiger partial charge in [0.25, 0.3) is 0 Å². The Kier molecular flexibility index (Phi) is 7.58. The third-order valence-electron chi connectivity index (χ3n) is 12.6. The van der Waals surface area contributed by atoms with Gasteiger partial charge in [0.05, 0.1) is 13.1 Å². The van der Waals surface area contributed by atoms with E-state index < -0.39 is 0 Å². The van der Waals surface area contributed by atoms with Crippen LogP contribution in [0.25, 0.3) is 11.1 Å². The Bertz CT molecular complexity index is 1030. The smallest absolute Gasteiger partial charge is 0.129 e. The Labute approximate surface area is 244 Å². The van der Waals surface area contributed by atoms with Crippen LogP contribution in [-0.2, 0) is 13.1 Å². The van der Waals surface area contributed by atoms with Gasteiger partial charge in [0.2, 0.25) is 0 Å². The quantitative estimate of drug-likeness (QED) is 0.367. The molecule has 216 valence electrons. The summed E-state index contributed by atoms with van der Waals surface area (Å²) in [7, 11) is 0. The van der Waals surface area contributed by atoms with E-state index in [1.807, 2.05) is 0 Å². The van der Waals surface area contributed by atoms with Crippen molar-refractivity contribution in [2.75, 3.05) is 91.6 Å². The number of piperazine rings is 6. The zero-order valence-corrected chi connectivity index (χ0v) is 25.4.